The number of benzene rings is 2. The summed E-state index contributed by atoms with van der Waals surface area (Å²) in [6.45, 7) is 10.1. The molecule has 0 radical (unpaired) electrons. The Morgan fingerprint density at radius 3 is 2.66 bits per heavy atom. The third-order valence-electron chi connectivity index (χ3n) is 6.69. The maximum Gasteiger partial charge on any atom is 0.322 e. The van der Waals surface area contributed by atoms with Crippen LogP contribution in [0.25, 0.3) is 0 Å². The average Bonchev–Trinajstić information content (AvgIpc) is 2.86. The van der Waals surface area contributed by atoms with E-state index in [2.05, 4.69) is 40.2 Å². The lowest BCUT2D eigenvalue weighted by atomic mass is 9.98. The number of urea groups is 1. The summed E-state index contributed by atoms with van der Waals surface area (Å²) in [6, 6.07) is 11.7. The first-order valence-electron chi connectivity index (χ1n) is 12.7. The highest BCUT2D eigenvalue weighted by Crippen LogP contribution is 2.29. The number of carbonyl (C=O) groups is 1. The maximum absolute atomic E-state index is 13.3. The number of hydrogen-bond acceptors (Lipinski definition) is 4. The number of anilines is 2. The van der Waals surface area contributed by atoms with Crippen molar-refractivity contribution in [1.82, 2.24) is 9.80 Å². The molecule has 1 N–H and O–H groups in total. The summed E-state index contributed by atoms with van der Waals surface area (Å²) in [5, 5.41) is 3.90. The second-order valence-corrected chi connectivity index (χ2v) is 10.2. The predicted molar refractivity (Wildman–Crippen MR) is 145 cm³/mol. The Morgan fingerprint density at radius 2 is 1.89 bits per heavy atom. The molecule has 0 bridgehead atoms. The first-order valence-corrected chi connectivity index (χ1v) is 13.5. The van der Waals surface area contributed by atoms with E-state index in [0.29, 0.717) is 28.8 Å². The van der Waals surface area contributed by atoms with Crippen LogP contribution in [0.3, 0.4) is 0 Å². The third-order valence-corrected chi connectivity index (χ3v) is 7.43. The van der Waals surface area contributed by atoms with Gasteiger partial charge in [0.15, 0.2) is 0 Å². The molecule has 190 valence electrons. The number of hydrogen-bond donors (Lipinski definition) is 1. The van der Waals surface area contributed by atoms with E-state index in [0.717, 1.165) is 70.8 Å². The van der Waals surface area contributed by atoms with Crippen molar-refractivity contribution in [2.45, 2.75) is 39.2 Å². The second-order valence-electron chi connectivity index (χ2n) is 9.34. The Bertz CT molecular complexity index is 997. The molecule has 2 amide bonds. The number of carbonyl (C=O) groups excluding carboxylic acids is 1. The van der Waals surface area contributed by atoms with Crippen LogP contribution in [0.2, 0.25) is 10.0 Å². The molecule has 35 heavy (non-hydrogen) atoms. The van der Waals surface area contributed by atoms with Crippen molar-refractivity contribution in [2.24, 2.45) is 0 Å². The van der Waals surface area contributed by atoms with Crippen LogP contribution in [0, 0.1) is 0 Å². The van der Waals surface area contributed by atoms with Crippen molar-refractivity contribution in [1.29, 1.82) is 0 Å². The third kappa shape index (κ3) is 7.26. The topological polar surface area (TPSA) is 48.1 Å². The summed E-state index contributed by atoms with van der Waals surface area (Å²) >= 11 is 12.2. The van der Waals surface area contributed by atoms with E-state index in [4.69, 9.17) is 27.9 Å². The fourth-order valence-electron chi connectivity index (χ4n) is 4.89. The summed E-state index contributed by atoms with van der Waals surface area (Å²) in [4.78, 5) is 20.1. The summed E-state index contributed by atoms with van der Waals surface area (Å²) < 4.78 is 5.46. The van der Waals surface area contributed by atoms with Crippen LogP contribution in [0.4, 0.5) is 16.2 Å². The molecule has 8 heteroatoms. The van der Waals surface area contributed by atoms with Crippen molar-refractivity contribution in [3.8, 4) is 0 Å². The lowest BCUT2D eigenvalue weighted by Gasteiger charge is -2.32. The van der Waals surface area contributed by atoms with Gasteiger partial charge in [-0.15, -0.1) is 0 Å². The van der Waals surface area contributed by atoms with Gasteiger partial charge in [-0.2, -0.15) is 0 Å². The highest BCUT2D eigenvalue weighted by Gasteiger charge is 2.20. The number of halogens is 2. The van der Waals surface area contributed by atoms with Gasteiger partial charge in [-0.25, -0.2) is 4.79 Å². The highest BCUT2D eigenvalue weighted by atomic mass is 35.5. The Kier molecular flexibility index (Phi) is 9.55. The summed E-state index contributed by atoms with van der Waals surface area (Å²) in [6.07, 6.45) is 4.32. The minimum Gasteiger partial charge on any atom is -0.379 e. The van der Waals surface area contributed by atoms with Crippen LogP contribution < -0.4 is 10.2 Å². The zero-order valence-corrected chi connectivity index (χ0v) is 22.1. The average molecular weight is 520 g/mol. The van der Waals surface area contributed by atoms with Gasteiger partial charge in [-0.3, -0.25) is 4.90 Å². The van der Waals surface area contributed by atoms with Crippen LogP contribution in [0.1, 0.15) is 37.3 Å². The van der Waals surface area contributed by atoms with Crippen LogP contribution in [-0.2, 0) is 17.7 Å². The zero-order valence-electron chi connectivity index (χ0n) is 20.6. The molecule has 2 aromatic rings. The van der Waals surface area contributed by atoms with Crippen LogP contribution in [-0.4, -0.2) is 68.3 Å². The summed E-state index contributed by atoms with van der Waals surface area (Å²) in [5.74, 6) is 0. The number of nitrogens with one attached hydrogen (secondary N) is 1. The predicted octanol–water partition coefficient (Wildman–Crippen LogP) is 5.91. The van der Waals surface area contributed by atoms with E-state index in [1.807, 2.05) is 4.90 Å². The standard InChI is InChI=1S/C27H36Cl2N4O2/c1-2-10-32-12-3-5-22-18-21(6-9-26(22)32)20-33(13-4-11-31-14-16-35-17-15-31)27(34)30-23-7-8-24(28)25(29)19-23/h6-9,18-19H,2-5,10-17,20H2,1H3,(H,30,34). The molecule has 0 spiro atoms. The number of aryl methyl sites for hydroxylation is 1. The van der Waals surface area contributed by atoms with Crippen molar-refractivity contribution < 1.29 is 9.53 Å². The molecule has 2 aliphatic rings. The molecule has 4 rings (SSSR count). The van der Waals surface area contributed by atoms with E-state index in [9.17, 15) is 4.79 Å². The number of amides is 2. The molecule has 2 heterocycles. The minimum absolute atomic E-state index is 0.129. The molecular weight excluding hydrogens is 483 g/mol. The van der Waals surface area contributed by atoms with Gasteiger partial charge in [0.1, 0.15) is 0 Å². The highest BCUT2D eigenvalue weighted by molar-refractivity contribution is 6.42. The maximum atomic E-state index is 13.3. The molecule has 0 saturated carbocycles. The summed E-state index contributed by atoms with van der Waals surface area (Å²) in [5.41, 5.74) is 4.54. The van der Waals surface area contributed by atoms with Crippen LogP contribution in [0.15, 0.2) is 36.4 Å². The molecule has 0 aliphatic carbocycles. The number of morpholine rings is 1. The van der Waals surface area contributed by atoms with Crippen molar-refractivity contribution in [3.05, 3.63) is 57.6 Å². The molecule has 6 nitrogen and oxygen atoms in total. The van der Waals surface area contributed by atoms with Crippen molar-refractivity contribution >= 4 is 40.6 Å². The molecule has 1 saturated heterocycles. The number of ether oxygens (including phenoxy) is 1. The van der Waals surface area contributed by atoms with Gasteiger partial charge < -0.3 is 19.9 Å². The largest absolute Gasteiger partial charge is 0.379 e. The van der Waals surface area contributed by atoms with E-state index >= 15 is 0 Å². The van der Waals surface area contributed by atoms with E-state index < -0.39 is 0 Å². The van der Waals surface area contributed by atoms with E-state index in [1.165, 1.54) is 17.7 Å². The van der Waals surface area contributed by atoms with Crippen molar-refractivity contribution in [3.63, 3.8) is 0 Å². The molecule has 0 aromatic heterocycles. The smallest absolute Gasteiger partial charge is 0.322 e. The van der Waals surface area contributed by atoms with E-state index in [1.54, 1.807) is 18.2 Å². The number of fused-ring (bicyclic) bond motifs is 1. The number of rotatable bonds is 9. The van der Waals surface area contributed by atoms with E-state index in [-0.39, 0.29) is 6.03 Å². The van der Waals surface area contributed by atoms with Gasteiger partial charge in [-0.05, 0) is 61.1 Å². The lowest BCUT2D eigenvalue weighted by Crippen LogP contribution is -2.40. The molecule has 2 aliphatic heterocycles. The van der Waals surface area contributed by atoms with Gasteiger partial charge >= 0.3 is 6.03 Å². The number of nitrogens with zero attached hydrogens (tertiary/aromatic N) is 3. The SMILES string of the molecule is CCCN1CCCc2cc(CN(CCCN3CCOCC3)C(=O)Nc3ccc(Cl)c(Cl)c3)ccc21. The van der Waals surface area contributed by atoms with Gasteiger partial charge in [0, 0.05) is 57.2 Å². The van der Waals surface area contributed by atoms with Gasteiger partial charge in [-0.1, -0.05) is 42.3 Å². The fraction of sp³-hybridized carbons (Fsp3) is 0.519. The summed E-state index contributed by atoms with van der Waals surface area (Å²) in [7, 11) is 0. The lowest BCUT2D eigenvalue weighted by molar-refractivity contribution is 0.0365. The minimum atomic E-state index is -0.129. The van der Waals surface area contributed by atoms with Crippen LogP contribution in [0.5, 0.6) is 0 Å². The molecule has 0 unspecified atom stereocenters. The van der Waals surface area contributed by atoms with Crippen LogP contribution >= 0.6 is 23.2 Å². The molecule has 0 atom stereocenters. The van der Waals surface area contributed by atoms with Crippen molar-refractivity contribution in [2.75, 3.05) is 62.7 Å². The molecular formula is C27H36Cl2N4O2. The Morgan fingerprint density at radius 1 is 1.06 bits per heavy atom. The Hall–Kier alpha value is -1.99. The normalized spacial score (nSPS) is 16.1. The quantitative estimate of drug-likeness (QED) is 0.448. The molecule has 2 aromatic carbocycles. The van der Waals surface area contributed by atoms with Gasteiger partial charge in [0.2, 0.25) is 0 Å². The Labute approximate surface area is 219 Å². The zero-order chi connectivity index (χ0) is 24.6. The first-order chi connectivity index (χ1) is 17.0. The second kappa shape index (κ2) is 12.8. The van der Waals surface area contributed by atoms with Gasteiger partial charge in [0.05, 0.1) is 23.3 Å². The van der Waals surface area contributed by atoms with Gasteiger partial charge in [0.25, 0.3) is 0 Å². The monoisotopic (exact) mass is 518 g/mol. The Balaban J connectivity index is 1.45. The first kappa shape index (κ1) is 26.1. The fourth-order valence-corrected chi connectivity index (χ4v) is 5.19. The molecule has 1 fully saturated rings.